The molecule has 1 unspecified atom stereocenters. The third-order valence-corrected chi connectivity index (χ3v) is 4.51. The lowest BCUT2D eigenvalue weighted by molar-refractivity contribution is -0.142. The summed E-state index contributed by atoms with van der Waals surface area (Å²) in [5.74, 6) is 0.0886. The third-order valence-electron chi connectivity index (χ3n) is 4.02. The fourth-order valence-corrected chi connectivity index (χ4v) is 3.24. The number of carbonyl (C=O) groups excluding carboxylic acids is 1. The van der Waals surface area contributed by atoms with Gasteiger partial charge in [-0.1, -0.05) is 46.1 Å². The van der Waals surface area contributed by atoms with E-state index in [1.165, 1.54) is 12.8 Å². The van der Waals surface area contributed by atoms with E-state index in [4.69, 9.17) is 4.84 Å². The fourth-order valence-electron chi connectivity index (χ4n) is 2.84. The van der Waals surface area contributed by atoms with Gasteiger partial charge >= 0.3 is 0 Å². The number of carbonyl (C=O) groups is 1. The lowest BCUT2D eigenvalue weighted by Crippen LogP contribution is -2.39. The van der Waals surface area contributed by atoms with Gasteiger partial charge in [0, 0.05) is 29.5 Å². The molecule has 112 valence electrons. The highest BCUT2D eigenvalue weighted by molar-refractivity contribution is 9.10. The Morgan fingerprint density at radius 3 is 2.71 bits per heavy atom. The number of halogens is 1. The molecular formula is C16H19BrN2O2. The number of oxime groups is 1. The summed E-state index contributed by atoms with van der Waals surface area (Å²) < 4.78 is 1.00. The molecule has 21 heavy (non-hydrogen) atoms. The van der Waals surface area contributed by atoms with E-state index in [-0.39, 0.29) is 5.91 Å². The molecule has 1 atom stereocenters. The fraction of sp³-hybridized carbons (Fsp3) is 0.500. The van der Waals surface area contributed by atoms with Crippen LogP contribution in [0.5, 0.6) is 0 Å². The molecule has 4 nitrogen and oxygen atoms in total. The standard InChI is InChI=1S/C16H19BrN2O2/c17-13-7-5-6-12(10-13)14-11-15(21-18-14)16(20)19-8-3-1-2-4-9-19/h5-7,10,15H,1-4,8-9,11H2. The summed E-state index contributed by atoms with van der Waals surface area (Å²) in [7, 11) is 0. The normalized spacial score (nSPS) is 22.4. The van der Waals surface area contributed by atoms with Crippen LogP contribution in [-0.4, -0.2) is 35.7 Å². The summed E-state index contributed by atoms with van der Waals surface area (Å²) in [5, 5.41) is 4.12. The van der Waals surface area contributed by atoms with Gasteiger partial charge in [-0.05, 0) is 25.0 Å². The molecule has 2 heterocycles. The summed E-state index contributed by atoms with van der Waals surface area (Å²) in [6.07, 6.45) is 4.74. The van der Waals surface area contributed by atoms with Gasteiger partial charge in [0.2, 0.25) is 6.10 Å². The lowest BCUT2D eigenvalue weighted by atomic mass is 10.0. The van der Waals surface area contributed by atoms with Crippen LogP contribution in [0, 0.1) is 0 Å². The number of hydrogen-bond acceptors (Lipinski definition) is 3. The molecule has 5 heteroatoms. The van der Waals surface area contributed by atoms with E-state index in [1.807, 2.05) is 29.2 Å². The van der Waals surface area contributed by atoms with E-state index in [1.54, 1.807) is 0 Å². The van der Waals surface area contributed by atoms with Crippen LogP contribution in [0.25, 0.3) is 0 Å². The maximum Gasteiger partial charge on any atom is 0.266 e. The lowest BCUT2D eigenvalue weighted by Gasteiger charge is -2.22. The van der Waals surface area contributed by atoms with Gasteiger partial charge < -0.3 is 9.74 Å². The van der Waals surface area contributed by atoms with Gasteiger partial charge in [0.05, 0.1) is 5.71 Å². The topological polar surface area (TPSA) is 41.9 Å². The molecule has 0 saturated carbocycles. The van der Waals surface area contributed by atoms with Crippen LogP contribution in [-0.2, 0) is 9.63 Å². The summed E-state index contributed by atoms with van der Waals surface area (Å²) in [5.41, 5.74) is 1.86. The SMILES string of the molecule is O=C(C1CC(c2cccc(Br)c2)=NO1)N1CCCCCC1. The van der Waals surface area contributed by atoms with Crippen molar-refractivity contribution in [1.82, 2.24) is 4.90 Å². The molecule has 1 aromatic carbocycles. The Morgan fingerprint density at radius 1 is 1.24 bits per heavy atom. The molecule has 0 radical (unpaired) electrons. The van der Waals surface area contributed by atoms with Crippen LogP contribution in [0.15, 0.2) is 33.9 Å². The van der Waals surface area contributed by atoms with Crippen LogP contribution < -0.4 is 0 Å². The number of rotatable bonds is 2. The second-order valence-electron chi connectivity index (χ2n) is 5.59. The van der Waals surface area contributed by atoms with Crippen molar-refractivity contribution < 1.29 is 9.63 Å². The Kier molecular flexibility index (Phi) is 4.58. The highest BCUT2D eigenvalue weighted by Gasteiger charge is 2.32. The highest BCUT2D eigenvalue weighted by Crippen LogP contribution is 2.22. The second kappa shape index (κ2) is 6.60. The molecule has 0 bridgehead atoms. The van der Waals surface area contributed by atoms with Gasteiger partial charge in [0.25, 0.3) is 5.91 Å². The van der Waals surface area contributed by atoms with Crippen LogP contribution in [0.3, 0.4) is 0 Å². The molecule has 1 fully saturated rings. The van der Waals surface area contributed by atoms with Crippen molar-refractivity contribution >= 4 is 27.5 Å². The summed E-state index contributed by atoms with van der Waals surface area (Å²) >= 11 is 3.45. The van der Waals surface area contributed by atoms with Crippen molar-refractivity contribution in [1.29, 1.82) is 0 Å². The largest absolute Gasteiger partial charge is 0.382 e. The summed E-state index contributed by atoms with van der Waals surface area (Å²) in [4.78, 5) is 19.9. The van der Waals surface area contributed by atoms with Gasteiger partial charge in [-0.3, -0.25) is 4.79 Å². The van der Waals surface area contributed by atoms with Gasteiger partial charge in [0.1, 0.15) is 0 Å². The quantitative estimate of drug-likeness (QED) is 0.820. The number of amides is 1. The third kappa shape index (κ3) is 3.46. The predicted octanol–water partition coefficient (Wildman–Crippen LogP) is 3.34. The Hall–Kier alpha value is -1.36. The molecule has 0 aromatic heterocycles. The van der Waals surface area contributed by atoms with E-state index < -0.39 is 6.10 Å². The van der Waals surface area contributed by atoms with Crippen molar-refractivity contribution in [3.05, 3.63) is 34.3 Å². The number of benzene rings is 1. The maximum absolute atomic E-state index is 12.5. The zero-order chi connectivity index (χ0) is 14.7. The highest BCUT2D eigenvalue weighted by atomic mass is 79.9. The van der Waals surface area contributed by atoms with Crippen LogP contribution >= 0.6 is 15.9 Å². The maximum atomic E-state index is 12.5. The molecule has 0 N–H and O–H groups in total. The minimum Gasteiger partial charge on any atom is -0.382 e. The molecule has 3 rings (SSSR count). The van der Waals surface area contributed by atoms with Crippen LogP contribution in [0.2, 0.25) is 0 Å². The smallest absolute Gasteiger partial charge is 0.266 e. The van der Waals surface area contributed by atoms with E-state index >= 15 is 0 Å². The minimum atomic E-state index is -0.447. The molecular weight excluding hydrogens is 332 g/mol. The van der Waals surface area contributed by atoms with Crippen molar-refractivity contribution in [2.75, 3.05) is 13.1 Å². The Morgan fingerprint density at radius 2 is 2.00 bits per heavy atom. The van der Waals surface area contributed by atoms with Crippen LogP contribution in [0.1, 0.15) is 37.7 Å². The molecule has 2 aliphatic heterocycles. The molecule has 0 aliphatic carbocycles. The van der Waals surface area contributed by atoms with E-state index in [0.717, 1.165) is 41.7 Å². The van der Waals surface area contributed by atoms with Crippen molar-refractivity contribution in [3.8, 4) is 0 Å². The predicted molar refractivity (Wildman–Crippen MR) is 85.2 cm³/mol. The van der Waals surface area contributed by atoms with Gasteiger partial charge in [-0.25, -0.2) is 0 Å². The minimum absolute atomic E-state index is 0.0886. The first kappa shape index (κ1) is 14.6. The van der Waals surface area contributed by atoms with Gasteiger partial charge in [-0.15, -0.1) is 0 Å². The van der Waals surface area contributed by atoms with Crippen molar-refractivity contribution in [2.24, 2.45) is 5.16 Å². The summed E-state index contributed by atoms with van der Waals surface area (Å²) in [6, 6.07) is 7.93. The average molecular weight is 351 g/mol. The number of hydrogen-bond donors (Lipinski definition) is 0. The molecule has 0 spiro atoms. The zero-order valence-electron chi connectivity index (χ0n) is 11.9. The van der Waals surface area contributed by atoms with Crippen molar-refractivity contribution in [2.45, 2.75) is 38.2 Å². The Labute approximate surface area is 133 Å². The zero-order valence-corrected chi connectivity index (χ0v) is 13.5. The molecule has 1 amide bonds. The molecule has 2 aliphatic rings. The number of nitrogens with zero attached hydrogens (tertiary/aromatic N) is 2. The first-order valence-electron chi connectivity index (χ1n) is 7.51. The average Bonchev–Trinajstić information content (AvgIpc) is 2.82. The molecule has 1 saturated heterocycles. The first-order chi connectivity index (χ1) is 10.2. The van der Waals surface area contributed by atoms with Crippen molar-refractivity contribution in [3.63, 3.8) is 0 Å². The van der Waals surface area contributed by atoms with Gasteiger partial charge in [-0.2, -0.15) is 0 Å². The van der Waals surface area contributed by atoms with E-state index in [2.05, 4.69) is 21.1 Å². The first-order valence-corrected chi connectivity index (χ1v) is 8.31. The summed E-state index contributed by atoms with van der Waals surface area (Å²) in [6.45, 7) is 1.70. The number of likely N-dealkylation sites (tertiary alicyclic amines) is 1. The van der Waals surface area contributed by atoms with E-state index in [9.17, 15) is 4.79 Å². The second-order valence-corrected chi connectivity index (χ2v) is 6.50. The Balaban J connectivity index is 1.64. The Bertz CT molecular complexity index is 551. The molecule has 1 aromatic rings. The van der Waals surface area contributed by atoms with Gasteiger partial charge in [0.15, 0.2) is 0 Å². The van der Waals surface area contributed by atoms with Crippen LogP contribution in [0.4, 0.5) is 0 Å². The monoisotopic (exact) mass is 350 g/mol. The van der Waals surface area contributed by atoms with E-state index in [0.29, 0.717) is 6.42 Å².